The Kier molecular flexibility index (Phi) is 750. The van der Waals surface area contributed by atoms with Gasteiger partial charge in [-0.05, 0) is 0 Å². The van der Waals surface area contributed by atoms with Gasteiger partial charge in [0.25, 0.3) is 0 Å². The van der Waals surface area contributed by atoms with Crippen molar-refractivity contribution in [2.24, 2.45) is 0 Å². The number of halogens is 6. The molecule has 0 spiro atoms. The van der Waals surface area contributed by atoms with Crippen molar-refractivity contribution in [2.45, 2.75) is 0 Å². The second-order valence-electron chi connectivity index (χ2n) is 0. The van der Waals surface area contributed by atoms with Gasteiger partial charge in [0.05, 0.1) is 0 Å². The van der Waals surface area contributed by atoms with Crippen molar-refractivity contribution in [3.8, 4) is 0 Å². The standard InChI is InChI=1S/6ClH.Er.Y/h6*1H;;/q;;;;;;2*+3/p-6. The second kappa shape index (κ2) is 67.5. The van der Waals surface area contributed by atoms with Gasteiger partial charge in [-0.1, -0.05) is 0 Å². The van der Waals surface area contributed by atoms with E-state index in [1.165, 1.54) is 0 Å². The summed E-state index contributed by atoms with van der Waals surface area (Å²) < 4.78 is 0. The van der Waals surface area contributed by atoms with Crippen molar-refractivity contribution in [3.05, 3.63) is 0 Å². The van der Waals surface area contributed by atoms with E-state index in [0.29, 0.717) is 0 Å². The van der Waals surface area contributed by atoms with Crippen molar-refractivity contribution >= 4 is 0 Å². The summed E-state index contributed by atoms with van der Waals surface area (Å²) in [6, 6.07) is 0. The number of hydrogen-bond donors (Lipinski definition) is 0. The second-order valence-corrected chi connectivity index (χ2v) is 0. The van der Waals surface area contributed by atoms with Gasteiger partial charge in [-0.25, -0.2) is 0 Å². The molecule has 0 fully saturated rings. The summed E-state index contributed by atoms with van der Waals surface area (Å²) in [4.78, 5) is 0. The first-order valence-corrected chi connectivity index (χ1v) is 0. The third kappa shape index (κ3) is 49.8. The van der Waals surface area contributed by atoms with Crippen molar-refractivity contribution in [1.29, 1.82) is 0 Å². The molecule has 0 bridgehead atoms. The predicted octanol–water partition coefficient (Wildman–Crippen LogP) is -18.0. The molecule has 0 atom stereocenters. The molecule has 57 valence electrons. The first kappa shape index (κ1) is 88.9. The van der Waals surface area contributed by atoms with Crippen LogP contribution in [0.4, 0.5) is 0 Å². The SMILES string of the molecule is [Cl-].[Cl-].[Cl-].[Cl-].[Cl-].[Cl-].[Er+3].[Y+3]. The van der Waals surface area contributed by atoms with Crippen molar-refractivity contribution in [1.82, 2.24) is 0 Å². The summed E-state index contributed by atoms with van der Waals surface area (Å²) >= 11 is 0. The van der Waals surface area contributed by atoms with Gasteiger partial charge in [-0.2, -0.15) is 0 Å². The van der Waals surface area contributed by atoms with E-state index in [1.807, 2.05) is 0 Å². The Morgan fingerprint density at radius 3 is 0.375 bits per heavy atom. The molecule has 0 rings (SSSR count). The van der Waals surface area contributed by atoms with Crippen LogP contribution in [0.25, 0.3) is 0 Å². The van der Waals surface area contributed by atoms with Crippen molar-refractivity contribution < 1.29 is 144 Å². The average molecular weight is 469 g/mol. The minimum absolute atomic E-state index is 0. The summed E-state index contributed by atoms with van der Waals surface area (Å²) in [5.74, 6) is 0. The van der Waals surface area contributed by atoms with Crippen LogP contribution in [0.5, 0.6) is 0 Å². The molecule has 8 heavy (non-hydrogen) atoms. The smallest absolute Gasteiger partial charge is 1.00 e. The van der Waals surface area contributed by atoms with E-state index in [1.54, 1.807) is 0 Å². The molecule has 0 saturated carbocycles. The Balaban J connectivity index is 0. The maximum atomic E-state index is 0. The van der Waals surface area contributed by atoms with Gasteiger partial charge >= 0.3 is 70.0 Å². The van der Waals surface area contributed by atoms with Crippen LogP contribution in [0.15, 0.2) is 0 Å². The molecule has 0 aromatic heterocycles. The minimum atomic E-state index is 0. The van der Waals surface area contributed by atoms with Crippen LogP contribution in [-0.2, 0) is 32.7 Å². The van der Waals surface area contributed by atoms with Gasteiger partial charge < -0.3 is 74.4 Å². The summed E-state index contributed by atoms with van der Waals surface area (Å²) in [5.41, 5.74) is 0. The van der Waals surface area contributed by atoms with Crippen LogP contribution >= 0.6 is 0 Å². The number of rotatable bonds is 0. The van der Waals surface area contributed by atoms with Crippen LogP contribution in [-0.4, -0.2) is 0 Å². The Hall–Kier alpha value is 4.09. The summed E-state index contributed by atoms with van der Waals surface area (Å²) in [6.07, 6.45) is 0. The van der Waals surface area contributed by atoms with E-state index in [4.69, 9.17) is 0 Å². The van der Waals surface area contributed by atoms with E-state index in [2.05, 4.69) is 0 Å². The molecular weight excluding hydrogens is 469 g/mol. The molecule has 0 aliphatic heterocycles. The van der Waals surface area contributed by atoms with E-state index in [0.717, 1.165) is 0 Å². The fraction of sp³-hybridized carbons (Fsp3) is 0. The van der Waals surface area contributed by atoms with Crippen LogP contribution < -0.4 is 74.4 Å². The molecule has 0 nitrogen and oxygen atoms in total. The van der Waals surface area contributed by atoms with Gasteiger partial charge in [0, 0.05) is 0 Å². The molecule has 0 aromatic rings. The predicted molar refractivity (Wildman–Crippen MR) is 0 cm³/mol. The molecule has 0 aromatic carbocycles. The van der Waals surface area contributed by atoms with Crippen molar-refractivity contribution in [3.63, 3.8) is 0 Å². The van der Waals surface area contributed by atoms with Gasteiger partial charge in [0.2, 0.25) is 0 Å². The quantitative estimate of drug-likeness (QED) is 0.331. The zero-order chi connectivity index (χ0) is 0. The van der Waals surface area contributed by atoms with Gasteiger partial charge in [-0.15, -0.1) is 0 Å². The largest absolute Gasteiger partial charge is 3.00 e. The average Bonchev–Trinajstić information content (AvgIpc) is 0. The van der Waals surface area contributed by atoms with E-state index in [9.17, 15) is 0 Å². The molecule has 0 amide bonds. The number of hydrogen-bond acceptors (Lipinski definition) is 0. The van der Waals surface area contributed by atoms with Crippen molar-refractivity contribution in [2.75, 3.05) is 0 Å². The molecule has 0 heterocycles. The first-order chi connectivity index (χ1) is 0. The maximum Gasteiger partial charge on any atom is 3.00 e. The topological polar surface area (TPSA) is 0 Å². The molecule has 1 radical (unpaired) electrons. The third-order valence-electron chi connectivity index (χ3n) is 0. The Labute approximate surface area is 141 Å². The van der Waals surface area contributed by atoms with E-state index in [-0.39, 0.29) is 144 Å². The molecular formula is Cl6ErY. The zero-order valence-electron chi connectivity index (χ0n) is 3.13. The van der Waals surface area contributed by atoms with Crippen LogP contribution in [0, 0.1) is 37.3 Å². The fourth-order valence-corrected chi connectivity index (χ4v) is 0. The van der Waals surface area contributed by atoms with Crippen LogP contribution in [0.3, 0.4) is 0 Å². The third-order valence-corrected chi connectivity index (χ3v) is 0. The van der Waals surface area contributed by atoms with Gasteiger partial charge in [0.1, 0.15) is 0 Å². The zero-order valence-corrected chi connectivity index (χ0v) is 12.4. The molecule has 0 saturated heterocycles. The first-order valence-electron chi connectivity index (χ1n) is 0. The van der Waals surface area contributed by atoms with E-state index < -0.39 is 0 Å². The fourth-order valence-electron chi connectivity index (χ4n) is 0. The monoisotopic (exact) mass is 465 g/mol. The molecule has 0 N–H and O–H groups in total. The molecule has 0 unspecified atom stereocenters. The Bertz CT molecular complexity index is 8.49. The van der Waals surface area contributed by atoms with Gasteiger partial charge in [-0.3, -0.25) is 0 Å². The van der Waals surface area contributed by atoms with Crippen LogP contribution in [0.2, 0.25) is 0 Å². The normalized spacial score (nSPS) is 0. The molecule has 0 aliphatic carbocycles. The van der Waals surface area contributed by atoms with Crippen LogP contribution in [0.1, 0.15) is 0 Å². The van der Waals surface area contributed by atoms with Gasteiger partial charge in [0.15, 0.2) is 0 Å². The molecule has 8 heteroatoms. The Morgan fingerprint density at radius 2 is 0.375 bits per heavy atom. The summed E-state index contributed by atoms with van der Waals surface area (Å²) in [6.45, 7) is 0. The Morgan fingerprint density at radius 1 is 0.375 bits per heavy atom. The summed E-state index contributed by atoms with van der Waals surface area (Å²) in [5, 5.41) is 0. The maximum absolute atomic E-state index is 0. The minimum Gasteiger partial charge on any atom is -1.00 e. The molecule has 0 aliphatic rings. The summed E-state index contributed by atoms with van der Waals surface area (Å²) in [7, 11) is 0. The van der Waals surface area contributed by atoms with E-state index >= 15 is 0 Å².